The van der Waals surface area contributed by atoms with Crippen LogP contribution < -0.4 is 16.4 Å². The number of hydrogen-bond donors (Lipinski definition) is 2. The van der Waals surface area contributed by atoms with Crippen LogP contribution in [0, 0.1) is 12.3 Å². The second kappa shape index (κ2) is 6.86. The van der Waals surface area contributed by atoms with E-state index in [0.717, 1.165) is 60.7 Å². The van der Waals surface area contributed by atoms with E-state index in [9.17, 15) is 0 Å². The lowest BCUT2D eigenvalue weighted by Crippen LogP contribution is -2.49. The summed E-state index contributed by atoms with van der Waals surface area (Å²) in [6, 6.07) is 4.24. The number of imidazole rings is 1. The minimum absolute atomic E-state index is 0.127. The molecule has 1 unspecified atom stereocenters. The molecule has 7 nitrogen and oxygen atoms in total. The SMILES string of the molecule is Cc1cc(N2CCC3(CC2)COCC3N)n2ccnc2c1-c1ccnc(N)c1Cl. The van der Waals surface area contributed by atoms with Gasteiger partial charge in [0.15, 0.2) is 0 Å². The Hall–Kier alpha value is -2.35. The Morgan fingerprint density at radius 2 is 2.03 bits per heavy atom. The summed E-state index contributed by atoms with van der Waals surface area (Å²) in [5, 5.41) is 0.461. The van der Waals surface area contributed by atoms with Crippen molar-refractivity contribution in [1.29, 1.82) is 0 Å². The van der Waals surface area contributed by atoms with Crippen LogP contribution in [0.25, 0.3) is 16.8 Å². The number of anilines is 2. The van der Waals surface area contributed by atoms with Crippen molar-refractivity contribution in [2.75, 3.05) is 36.9 Å². The molecule has 2 aliphatic rings. The fourth-order valence-electron chi connectivity index (χ4n) is 4.78. The Labute approximate surface area is 174 Å². The van der Waals surface area contributed by atoms with Crippen LogP contribution in [0.4, 0.5) is 11.6 Å². The smallest absolute Gasteiger partial charge is 0.146 e. The van der Waals surface area contributed by atoms with Gasteiger partial charge in [-0.05, 0) is 37.5 Å². The Kier molecular flexibility index (Phi) is 4.42. The molecule has 8 heteroatoms. The van der Waals surface area contributed by atoms with E-state index >= 15 is 0 Å². The highest BCUT2D eigenvalue weighted by atomic mass is 35.5. The van der Waals surface area contributed by atoms with Gasteiger partial charge in [-0.2, -0.15) is 0 Å². The van der Waals surface area contributed by atoms with Gasteiger partial charge in [-0.3, -0.25) is 4.40 Å². The molecule has 0 aliphatic carbocycles. The topological polar surface area (TPSA) is 94.7 Å². The van der Waals surface area contributed by atoms with Crippen molar-refractivity contribution in [2.45, 2.75) is 25.8 Å². The van der Waals surface area contributed by atoms with Gasteiger partial charge < -0.3 is 21.1 Å². The third kappa shape index (κ3) is 2.87. The monoisotopic (exact) mass is 412 g/mol. The quantitative estimate of drug-likeness (QED) is 0.672. The number of fused-ring (bicyclic) bond motifs is 1. The maximum absolute atomic E-state index is 6.48. The van der Waals surface area contributed by atoms with Crippen LogP contribution in [0.1, 0.15) is 18.4 Å². The fourth-order valence-corrected chi connectivity index (χ4v) is 4.99. The largest absolute Gasteiger partial charge is 0.382 e. The van der Waals surface area contributed by atoms with Gasteiger partial charge in [0.05, 0.1) is 18.2 Å². The molecule has 3 aromatic rings. The Balaban J connectivity index is 1.54. The van der Waals surface area contributed by atoms with Crippen LogP contribution in [0.3, 0.4) is 0 Å². The summed E-state index contributed by atoms with van der Waals surface area (Å²) in [4.78, 5) is 11.1. The van der Waals surface area contributed by atoms with Gasteiger partial charge in [0.1, 0.15) is 17.3 Å². The molecule has 152 valence electrons. The molecular formula is C21H25ClN6O. The first-order chi connectivity index (χ1) is 14.0. The zero-order valence-corrected chi connectivity index (χ0v) is 17.2. The van der Waals surface area contributed by atoms with Crippen LogP contribution in [0.15, 0.2) is 30.7 Å². The van der Waals surface area contributed by atoms with Gasteiger partial charge in [0.2, 0.25) is 0 Å². The number of nitrogens with two attached hydrogens (primary N) is 2. The van der Waals surface area contributed by atoms with Crippen LogP contribution >= 0.6 is 11.6 Å². The Morgan fingerprint density at radius 1 is 1.24 bits per heavy atom. The van der Waals surface area contributed by atoms with E-state index in [1.807, 2.05) is 18.5 Å². The van der Waals surface area contributed by atoms with Crippen molar-refractivity contribution in [3.05, 3.63) is 41.3 Å². The second-order valence-electron chi connectivity index (χ2n) is 8.21. The first-order valence-electron chi connectivity index (χ1n) is 9.95. The zero-order valence-electron chi connectivity index (χ0n) is 16.4. The Morgan fingerprint density at radius 3 is 2.76 bits per heavy atom. The van der Waals surface area contributed by atoms with E-state index in [1.165, 1.54) is 0 Å². The molecule has 0 amide bonds. The predicted octanol–water partition coefficient (Wildman–Crippen LogP) is 2.88. The van der Waals surface area contributed by atoms with Crippen LogP contribution in [0.2, 0.25) is 5.02 Å². The standard InChI is InChI=1S/C21H25ClN6O/c1-13-10-16(27-7-3-21(4-8-27)12-29-11-15(21)23)28-9-6-26-20(28)17(13)14-2-5-25-19(24)18(14)22/h2,5-6,9-10,15H,3-4,7-8,11-12,23H2,1H3,(H2,24,25). The van der Waals surface area contributed by atoms with Crippen LogP contribution in [-0.4, -0.2) is 46.7 Å². The zero-order chi connectivity index (χ0) is 20.2. The molecule has 5 heterocycles. The maximum atomic E-state index is 6.48. The molecule has 2 fully saturated rings. The normalized spacial score (nSPS) is 21.3. The third-order valence-electron chi connectivity index (χ3n) is 6.59. The first-order valence-corrected chi connectivity index (χ1v) is 10.3. The molecule has 0 saturated carbocycles. The summed E-state index contributed by atoms with van der Waals surface area (Å²) in [5.74, 6) is 1.47. The average molecular weight is 413 g/mol. The number of rotatable bonds is 2. The summed E-state index contributed by atoms with van der Waals surface area (Å²) in [7, 11) is 0. The highest BCUT2D eigenvalue weighted by molar-refractivity contribution is 6.35. The number of aryl methyl sites for hydroxylation is 1. The van der Waals surface area contributed by atoms with Gasteiger partial charge >= 0.3 is 0 Å². The van der Waals surface area contributed by atoms with E-state index in [2.05, 4.69) is 32.3 Å². The summed E-state index contributed by atoms with van der Waals surface area (Å²) in [6.45, 7) is 5.45. The lowest BCUT2D eigenvalue weighted by atomic mass is 9.75. The van der Waals surface area contributed by atoms with Crippen molar-refractivity contribution in [2.24, 2.45) is 11.1 Å². The number of piperidine rings is 1. The first kappa shape index (κ1) is 18.7. The highest BCUT2D eigenvalue weighted by Crippen LogP contribution is 2.41. The number of hydrogen-bond acceptors (Lipinski definition) is 6. The summed E-state index contributed by atoms with van der Waals surface area (Å²) >= 11 is 6.48. The molecular weight excluding hydrogens is 388 g/mol. The molecule has 0 aromatic carbocycles. The molecule has 29 heavy (non-hydrogen) atoms. The third-order valence-corrected chi connectivity index (χ3v) is 6.99. The lowest BCUT2D eigenvalue weighted by molar-refractivity contribution is 0.131. The second-order valence-corrected chi connectivity index (χ2v) is 8.59. The summed E-state index contributed by atoms with van der Waals surface area (Å²) in [5.41, 5.74) is 16.2. The summed E-state index contributed by atoms with van der Waals surface area (Å²) in [6.07, 6.45) is 7.59. The molecule has 2 saturated heterocycles. The molecule has 5 rings (SSSR count). The molecule has 4 N–H and O–H groups in total. The highest BCUT2D eigenvalue weighted by Gasteiger charge is 2.44. The van der Waals surface area contributed by atoms with Crippen molar-refractivity contribution in [1.82, 2.24) is 14.4 Å². The molecule has 1 spiro atoms. The molecule has 3 aromatic heterocycles. The number of aromatic nitrogens is 3. The van der Waals surface area contributed by atoms with Gasteiger partial charge in [0.25, 0.3) is 0 Å². The predicted molar refractivity (Wildman–Crippen MR) is 115 cm³/mol. The molecule has 2 aliphatic heterocycles. The number of nitrogens with zero attached hydrogens (tertiary/aromatic N) is 4. The van der Waals surface area contributed by atoms with E-state index < -0.39 is 0 Å². The molecule has 0 radical (unpaired) electrons. The van der Waals surface area contributed by atoms with E-state index in [-0.39, 0.29) is 11.5 Å². The van der Waals surface area contributed by atoms with Crippen molar-refractivity contribution in [3.63, 3.8) is 0 Å². The van der Waals surface area contributed by atoms with Crippen molar-refractivity contribution >= 4 is 28.9 Å². The molecule has 0 bridgehead atoms. The number of ether oxygens (including phenoxy) is 1. The summed E-state index contributed by atoms with van der Waals surface area (Å²) < 4.78 is 7.80. The minimum Gasteiger partial charge on any atom is -0.382 e. The van der Waals surface area contributed by atoms with E-state index in [4.69, 9.17) is 27.8 Å². The van der Waals surface area contributed by atoms with Crippen molar-refractivity contribution < 1.29 is 4.74 Å². The Bertz CT molecular complexity index is 1070. The molecule has 1 atom stereocenters. The van der Waals surface area contributed by atoms with Gasteiger partial charge in [0, 0.05) is 54.3 Å². The van der Waals surface area contributed by atoms with Crippen LogP contribution in [0.5, 0.6) is 0 Å². The van der Waals surface area contributed by atoms with E-state index in [0.29, 0.717) is 17.4 Å². The van der Waals surface area contributed by atoms with Crippen molar-refractivity contribution in [3.8, 4) is 11.1 Å². The fraction of sp³-hybridized carbons (Fsp3) is 0.429. The number of pyridine rings is 2. The van der Waals surface area contributed by atoms with E-state index in [1.54, 1.807) is 6.20 Å². The minimum atomic E-state index is 0.127. The van der Waals surface area contributed by atoms with Gasteiger partial charge in [-0.1, -0.05) is 11.6 Å². The lowest BCUT2D eigenvalue weighted by Gasteiger charge is -2.41. The number of halogens is 1. The van der Waals surface area contributed by atoms with Crippen LogP contribution in [-0.2, 0) is 4.74 Å². The van der Waals surface area contributed by atoms with Gasteiger partial charge in [-0.15, -0.1) is 0 Å². The number of nitrogen functional groups attached to an aromatic ring is 1. The maximum Gasteiger partial charge on any atom is 0.146 e. The average Bonchev–Trinajstić information content (AvgIpc) is 3.33. The van der Waals surface area contributed by atoms with Gasteiger partial charge in [-0.25, -0.2) is 9.97 Å².